The van der Waals surface area contributed by atoms with Gasteiger partial charge < -0.3 is 5.11 Å². The predicted molar refractivity (Wildman–Crippen MR) is 88.7 cm³/mol. The van der Waals surface area contributed by atoms with Crippen LogP contribution < -0.4 is 29.6 Å². The molecule has 0 radical (unpaired) electrons. The average molecular weight is 377 g/mol. The number of hydrogen-bond donors (Lipinski definition) is 2. The van der Waals surface area contributed by atoms with E-state index in [1.165, 1.54) is 30.3 Å². The second-order valence-electron chi connectivity index (χ2n) is 5.65. The second kappa shape index (κ2) is 6.29. The molecule has 0 aliphatic heterocycles. The maximum atomic E-state index is 12.9. The van der Waals surface area contributed by atoms with Gasteiger partial charge in [0.05, 0.1) is 11.1 Å². The van der Waals surface area contributed by atoms with Crippen molar-refractivity contribution in [3.8, 4) is 5.75 Å². The Balaban J connectivity index is 0.00000196. The predicted octanol–water partition coefficient (Wildman–Crippen LogP) is -0.429. The number of aromatic hydroxyl groups is 1. The van der Waals surface area contributed by atoms with Crippen LogP contribution in [0.4, 0.5) is 0 Å². The summed E-state index contributed by atoms with van der Waals surface area (Å²) in [5, 5.41) is 10.6. The van der Waals surface area contributed by atoms with Crippen molar-refractivity contribution >= 4 is 32.5 Å². The van der Waals surface area contributed by atoms with Crippen molar-refractivity contribution in [1.82, 2.24) is 0 Å². The number of phenols is 1. The third-order valence-electron chi connectivity index (χ3n) is 4.27. The van der Waals surface area contributed by atoms with Crippen LogP contribution in [0.25, 0.3) is 10.8 Å². The molecule has 0 fully saturated rings. The van der Waals surface area contributed by atoms with Crippen LogP contribution in [-0.4, -0.2) is 29.6 Å². The van der Waals surface area contributed by atoms with Crippen LogP contribution in [-0.2, 0) is 10.1 Å². The molecule has 0 bridgehead atoms. The summed E-state index contributed by atoms with van der Waals surface area (Å²) in [4.78, 5) is 25.0. The largest absolute Gasteiger partial charge is 1.00 e. The Morgan fingerprint density at radius 1 is 0.731 bits per heavy atom. The van der Waals surface area contributed by atoms with Gasteiger partial charge in [-0.05, 0) is 0 Å². The molecule has 0 atom stereocenters. The maximum absolute atomic E-state index is 12.9. The summed E-state index contributed by atoms with van der Waals surface area (Å²) < 4.78 is 33.7. The molecule has 0 spiro atoms. The van der Waals surface area contributed by atoms with Gasteiger partial charge in [-0.1, -0.05) is 48.5 Å². The van der Waals surface area contributed by atoms with E-state index in [-0.39, 0.29) is 51.5 Å². The van der Waals surface area contributed by atoms with Gasteiger partial charge >= 0.3 is 29.6 Å². The Morgan fingerprint density at radius 2 is 1.19 bits per heavy atom. The first kappa shape index (κ1) is 18.8. The summed E-state index contributed by atoms with van der Waals surface area (Å²) in [6.07, 6.45) is 0. The van der Waals surface area contributed by atoms with Gasteiger partial charge in [0.15, 0.2) is 11.6 Å². The molecule has 0 heterocycles. The number of phenolic OH excluding ortho intramolecular Hbond substituents is 1. The molecule has 1 aliphatic carbocycles. The molecule has 0 saturated carbocycles. The summed E-state index contributed by atoms with van der Waals surface area (Å²) in [5.74, 6) is -1.89. The van der Waals surface area contributed by atoms with Crippen LogP contribution in [0.3, 0.4) is 0 Å². The molecule has 1 aliphatic rings. The van der Waals surface area contributed by atoms with Gasteiger partial charge in [-0.25, -0.2) is 0 Å². The van der Waals surface area contributed by atoms with Crippen LogP contribution >= 0.6 is 0 Å². The second-order valence-corrected chi connectivity index (χ2v) is 7.01. The fourth-order valence-corrected chi connectivity index (χ4v) is 4.15. The van der Waals surface area contributed by atoms with Crippen LogP contribution in [0.15, 0.2) is 53.4 Å². The summed E-state index contributed by atoms with van der Waals surface area (Å²) >= 11 is 0. The van der Waals surface area contributed by atoms with E-state index in [0.717, 1.165) is 0 Å². The zero-order valence-electron chi connectivity index (χ0n) is 13.6. The van der Waals surface area contributed by atoms with E-state index in [0.29, 0.717) is 0 Å². The standard InChI is InChI=1S/C18H10O6S.Na/c19-15-9-5-1-2-6-10(9)17(21)14-13(15)16(20)11-7-3-4-8-12(11)18(14)25(22,23)24;/h1-8,20H,(H,22,23,24);/q;+1. The van der Waals surface area contributed by atoms with E-state index in [2.05, 4.69) is 0 Å². The van der Waals surface area contributed by atoms with Crippen molar-refractivity contribution in [2.75, 3.05) is 0 Å². The van der Waals surface area contributed by atoms with Gasteiger partial charge in [0, 0.05) is 21.9 Å². The normalized spacial score (nSPS) is 13.1. The minimum absolute atomic E-state index is 0. The Morgan fingerprint density at radius 3 is 1.73 bits per heavy atom. The van der Waals surface area contributed by atoms with E-state index < -0.39 is 43.5 Å². The SMILES string of the molecule is O=C1c2ccccc2C(=O)c2c1c(O)c1ccccc1c2S(=O)(=O)O.[Na+]. The summed E-state index contributed by atoms with van der Waals surface area (Å²) in [6, 6.07) is 11.8. The molecule has 3 aromatic rings. The molecular formula is C18H10NaO6S+. The molecule has 2 N–H and O–H groups in total. The van der Waals surface area contributed by atoms with Gasteiger partial charge in [-0.15, -0.1) is 0 Å². The van der Waals surface area contributed by atoms with E-state index >= 15 is 0 Å². The monoisotopic (exact) mass is 377 g/mol. The quantitative estimate of drug-likeness (QED) is 0.344. The number of ketones is 2. The zero-order chi connectivity index (χ0) is 17.9. The van der Waals surface area contributed by atoms with E-state index in [1.807, 2.05) is 0 Å². The Kier molecular flexibility index (Phi) is 4.54. The number of rotatable bonds is 1. The van der Waals surface area contributed by atoms with Gasteiger partial charge in [0.25, 0.3) is 10.1 Å². The van der Waals surface area contributed by atoms with Crippen molar-refractivity contribution in [3.63, 3.8) is 0 Å². The molecule has 4 rings (SSSR count). The number of carbonyl (C=O) groups excluding carboxylic acids is 2. The minimum Gasteiger partial charge on any atom is -0.507 e. The fourth-order valence-electron chi connectivity index (χ4n) is 3.24. The molecule has 124 valence electrons. The maximum Gasteiger partial charge on any atom is 1.00 e. The molecule has 8 heteroatoms. The minimum atomic E-state index is -4.83. The van der Waals surface area contributed by atoms with Crippen LogP contribution in [0.1, 0.15) is 31.8 Å². The number of carbonyl (C=O) groups is 2. The Labute approximate surface area is 170 Å². The van der Waals surface area contributed by atoms with Crippen molar-refractivity contribution in [2.24, 2.45) is 0 Å². The smallest absolute Gasteiger partial charge is 0.507 e. The third-order valence-corrected chi connectivity index (χ3v) is 5.21. The molecule has 0 saturated heterocycles. The molecule has 0 aromatic heterocycles. The Hall–Kier alpha value is -2.03. The van der Waals surface area contributed by atoms with Crippen molar-refractivity contribution < 1.29 is 57.2 Å². The number of hydrogen-bond acceptors (Lipinski definition) is 5. The van der Waals surface area contributed by atoms with E-state index in [4.69, 9.17) is 0 Å². The molecule has 0 amide bonds. The van der Waals surface area contributed by atoms with Gasteiger partial charge in [-0.3, -0.25) is 14.1 Å². The zero-order valence-corrected chi connectivity index (χ0v) is 16.4. The molecule has 6 nitrogen and oxygen atoms in total. The van der Waals surface area contributed by atoms with E-state index in [9.17, 15) is 27.7 Å². The molecular weight excluding hydrogens is 367 g/mol. The first-order chi connectivity index (χ1) is 11.8. The van der Waals surface area contributed by atoms with Crippen LogP contribution in [0, 0.1) is 0 Å². The van der Waals surface area contributed by atoms with Crippen molar-refractivity contribution in [2.45, 2.75) is 4.90 Å². The summed E-state index contributed by atoms with van der Waals surface area (Å²) in [6.45, 7) is 0. The topological polar surface area (TPSA) is 109 Å². The number of benzene rings is 3. The molecule has 26 heavy (non-hydrogen) atoms. The molecule has 3 aromatic carbocycles. The van der Waals surface area contributed by atoms with Crippen molar-refractivity contribution in [1.29, 1.82) is 0 Å². The first-order valence-corrected chi connectivity index (χ1v) is 8.70. The van der Waals surface area contributed by atoms with Gasteiger partial charge in [0.1, 0.15) is 10.6 Å². The van der Waals surface area contributed by atoms with Gasteiger partial charge in [0.2, 0.25) is 0 Å². The Bertz CT molecular complexity index is 1210. The van der Waals surface area contributed by atoms with Crippen molar-refractivity contribution in [3.05, 3.63) is 70.8 Å². The van der Waals surface area contributed by atoms with Crippen LogP contribution in [0.5, 0.6) is 5.75 Å². The number of fused-ring (bicyclic) bond motifs is 3. The summed E-state index contributed by atoms with van der Waals surface area (Å²) in [5.41, 5.74) is -0.802. The van der Waals surface area contributed by atoms with Crippen LogP contribution in [0.2, 0.25) is 0 Å². The average Bonchev–Trinajstić information content (AvgIpc) is 2.58. The third kappa shape index (κ3) is 2.52. The first-order valence-electron chi connectivity index (χ1n) is 7.26. The fraction of sp³-hybridized carbons (Fsp3) is 0. The van der Waals surface area contributed by atoms with Gasteiger partial charge in [-0.2, -0.15) is 8.42 Å². The molecule has 0 unspecified atom stereocenters. The summed E-state index contributed by atoms with van der Waals surface area (Å²) in [7, 11) is -4.83. The van der Waals surface area contributed by atoms with E-state index in [1.54, 1.807) is 18.2 Å².